The number of hydrogen-bond donors (Lipinski definition) is 1. The van der Waals surface area contributed by atoms with Crippen LogP contribution in [0.25, 0.3) is 11.0 Å². The number of fused-ring (bicyclic) bond motifs is 1. The van der Waals surface area contributed by atoms with Crippen LogP contribution in [0.1, 0.15) is 36.8 Å². The van der Waals surface area contributed by atoms with Crippen LogP contribution in [-0.4, -0.2) is 26.3 Å². The summed E-state index contributed by atoms with van der Waals surface area (Å²) in [5.41, 5.74) is 3.77. The number of nitrogens with zero attached hydrogens (tertiary/aromatic N) is 5. The third-order valence-electron chi connectivity index (χ3n) is 6.18. The fraction of sp³-hybridized carbons (Fsp3) is 0.292. The summed E-state index contributed by atoms with van der Waals surface area (Å²) in [6.07, 6.45) is 7.98. The third kappa shape index (κ3) is 4.34. The molecule has 1 aliphatic carbocycles. The maximum Gasteiger partial charge on any atom is 0.323 e. The van der Waals surface area contributed by atoms with E-state index in [9.17, 15) is 10.1 Å². The Kier molecular flexibility index (Phi) is 5.84. The lowest BCUT2D eigenvalue weighted by Gasteiger charge is -2.31. The minimum absolute atomic E-state index is 0.124. The van der Waals surface area contributed by atoms with Crippen LogP contribution in [0.2, 0.25) is 0 Å². The van der Waals surface area contributed by atoms with Crippen LogP contribution in [0.4, 0.5) is 17.1 Å². The first-order chi connectivity index (χ1) is 16.2. The summed E-state index contributed by atoms with van der Waals surface area (Å²) >= 11 is 0. The zero-order valence-electron chi connectivity index (χ0n) is 18.1. The van der Waals surface area contributed by atoms with Crippen molar-refractivity contribution in [3.8, 4) is 0 Å². The van der Waals surface area contributed by atoms with Gasteiger partial charge in [0.15, 0.2) is 5.52 Å². The summed E-state index contributed by atoms with van der Waals surface area (Å²) in [5, 5.41) is 23.3. The van der Waals surface area contributed by atoms with Gasteiger partial charge in [-0.3, -0.25) is 15.1 Å². The lowest BCUT2D eigenvalue weighted by atomic mass is 10.1. The Morgan fingerprint density at radius 3 is 2.48 bits per heavy atom. The lowest BCUT2D eigenvalue weighted by Crippen LogP contribution is -2.33. The van der Waals surface area contributed by atoms with Crippen LogP contribution in [0.5, 0.6) is 0 Å². The Labute approximate surface area is 190 Å². The number of pyridine rings is 1. The molecule has 9 heteroatoms. The van der Waals surface area contributed by atoms with Crippen LogP contribution < -0.4 is 10.2 Å². The summed E-state index contributed by atoms with van der Waals surface area (Å²) in [7, 11) is 0. The molecule has 4 aromatic rings. The highest BCUT2D eigenvalue weighted by atomic mass is 16.6. The summed E-state index contributed by atoms with van der Waals surface area (Å²) in [6, 6.07) is 15.9. The zero-order chi connectivity index (χ0) is 22.6. The predicted molar refractivity (Wildman–Crippen MR) is 125 cm³/mol. The molecule has 0 spiro atoms. The van der Waals surface area contributed by atoms with Gasteiger partial charge in [0.2, 0.25) is 5.52 Å². The number of rotatable bonds is 8. The van der Waals surface area contributed by atoms with Crippen LogP contribution in [-0.2, 0) is 13.1 Å². The Bertz CT molecular complexity index is 1240. The van der Waals surface area contributed by atoms with Gasteiger partial charge in [0.05, 0.1) is 10.6 Å². The van der Waals surface area contributed by atoms with E-state index in [1.54, 1.807) is 12.4 Å². The smallest absolute Gasteiger partial charge is 0.323 e. The second-order valence-electron chi connectivity index (χ2n) is 8.27. The molecule has 168 valence electrons. The highest BCUT2D eigenvalue weighted by Crippen LogP contribution is 2.41. The molecule has 5 rings (SSSR count). The van der Waals surface area contributed by atoms with Gasteiger partial charge in [-0.15, -0.1) is 0 Å². The SMILES string of the molecule is O=[N+]([O-])c1c(NCc2ccccc2)cc(N(Cc2ccncc2)C2CCCC2)c2nonc12. The van der Waals surface area contributed by atoms with Crippen LogP contribution >= 0.6 is 0 Å². The van der Waals surface area contributed by atoms with Gasteiger partial charge >= 0.3 is 5.69 Å². The number of benzene rings is 2. The van der Waals surface area contributed by atoms with Crippen molar-refractivity contribution in [2.75, 3.05) is 10.2 Å². The number of nitro benzene ring substituents is 1. The molecule has 0 bridgehead atoms. The molecule has 0 aliphatic heterocycles. The van der Waals surface area contributed by atoms with Crippen LogP contribution in [0.3, 0.4) is 0 Å². The highest BCUT2D eigenvalue weighted by Gasteiger charge is 2.31. The van der Waals surface area contributed by atoms with Crippen molar-refractivity contribution in [3.05, 3.63) is 82.2 Å². The average Bonchev–Trinajstić information content (AvgIpc) is 3.54. The topological polar surface area (TPSA) is 110 Å². The van der Waals surface area contributed by atoms with Gasteiger partial charge in [-0.2, -0.15) is 0 Å². The van der Waals surface area contributed by atoms with Crippen molar-refractivity contribution >= 4 is 28.1 Å². The first-order valence-corrected chi connectivity index (χ1v) is 11.1. The molecular weight excluding hydrogens is 420 g/mol. The fourth-order valence-electron chi connectivity index (χ4n) is 4.56. The van der Waals surface area contributed by atoms with Crippen molar-refractivity contribution in [1.82, 2.24) is 15.3 Å². The lowest BCUT2D eigenvalue weighted by molar-refractivity contribution is -0.382. The maximum atomic E-state index is 12.0. The predicted octanol–water partition coefficient (Wildman–Crippen LogP) is 5.09. The molecule has 0 unspecified atom stereocenters. The van der Waals surface area contributed by atoms with E-state index in [4.69, 9.17) is 4.63 Å². The Morgan fingerprint density at radius 1 is 1.03 bits per heavy atom. The molecule has 2 aromatic heterocycles. The van der Waals surface area contributed by atoms with Crippen molar-refractivity contribution in [3.63, 3.8) is 0 Å². The Balaban J connectivity index is 1.60. The quantitative estimate of drug-likeness (QED) is 0.296. The Morgan fingerprint density at radius 2 is 1.76 bits per heavy atom. The van der Waals surface area contributed by atoms with Crippen molar-refractivity contribution in [2.24, 2.45) is 0 Å². The number of aromatic nitrogens is 3. The van der Waals surface area contributed by atoms with E-state index in [1.165, 1.54) is 0 Å². The number of anilines is 2. The molecular formula is C24H24N6O3. The first-order valence-electron chi connectivity index (χ1n) is 11.1. The largest absolute Gasteiger partial charge is 0.375 e. The zero-order valence-corrected chi connectivity index (χ0v) is 18.1. The van der Waals surface area contributed by atoms with Crippen molar-refractivity contribution in [1.29, 1.82) is 0 Å². The van der Waals surface area contributed by atoms with Crippen LogP contribution in [0.15, 0.2) is 65.6 Å². The summed E-state index contributed by atoms with van der Waals surface area (Å²) < 4.78 is 5.01. The molecule has 0 atom stereocenters. The average molecular weight is 444 g/mol. The molecule has 0 saturated heterocycles. The Hall–Kier alpha value is -4.01. The van der Waals surface area contributed by atoms with Crippen molar-refractivity contribution in [2.45, 2.75) is 44.8 Å². The molecule has 1 aliphatic rings. The molecule has 2 heterocycles. The molecule has 1 N–H and O–H groups in total. The van der Waals surface area contributed by atoms with Gasteiger partial charge in [-0.25, -0.2) is 4.63 Å². The molecule has 0 amide bonds. The maximum absolute atomic E-state index is 12.0. The standard InChI is InChI=1S/C24H24N6O3/c31-30(32)24-20(26-15-17-6-2-1-3-7-17)14-21(22-23(24)28-33-27-22)29(19-8-4-5-9-19)16-18-10-12-25-13-11-18/h1-3,6-7,10-14,19,26H,4-5,8-9,15-16H2. The van der Waals surface area contributed by atoms with Gasteiger partial charge in [0.25, 0.3) is 0 Å². The van der Waals surface area contributed by atoms with E-state index in [0.29, 0.717) is 30.3 Å². The normalized spacial score (nSPS) is 13.9. The number of nitro groups is 1. The van der Waals surface area contributed by atoms with Gasteiger partial charge in [0.1, 0.15) is 5.69 Å². The van der Waals surface area contributed by atoms with E-state index in [-0.39, 0.29) is 11.2 Å². The highest BCUT2D eigenvalue weighted by molar-refractivity contribution is 5.99. The summed E-state index contributed by atoms with van der Waals surface area (Å²) in [4.78, 5) is 18.0. The van der Waals surface area contributed by atoms with Crippen molar-refractivity contribution < 1.29 is 9.55 Å². The minimum Gasteiger partial charge on any atom is -0.375 e. The van der Waals surface area contributed by atoms with E-state index in [1.807, 2.05) is 48.5 Å². The molecule has 2 aromatic carbocycles. The van der Waals surface area contributed by atoms with Gasteiger partial charge in [-0.1, -0.05) is 43.2 Å². The van der Waals surface area contributed by atoms with Gasteiger partial charge in [0, 0.05) is 31.5 Å². The van der Waals surface area contributed by atoms with Crippen LogP contribution in [0, 0.1) is 10.1 Å². The second-order valence-corrected chi connectivity index (χ2v) is 8.27. The third-order valence-corrected chi connectivity index (χ3v) is 6.18. The molecule has 0 radical (unpaired) electrons. The number of hydrogen-bond acceptors (Lipinski definition) is 8. The molecule has 1 fully saturated rings. The van der Waals surface area contributed by atoms with Gasteiger partial charge in [-0.05, 0) is 52.5 Å². The van der Waals surface area contributed by atoms with Gasteiger partial charge < -0.3 is 10.2 Å². The van der Waals surface area contributed by atoms with E-state index < -0.39 is 4.92 Å². The summed E-state index contributed by atoms with van der Waals surface area (Å²) in [6.45, 7) is 1.09. The van der Waals surface area contributed by atoms with E-state index >= 15 is 0 Å². The van der Waals surface area contributed by atoms with E-state index in [0.717, 1.165) is 42.5 Å². The molecule has 33 heavy (non-hydrogen) atoms. The summed E-state index contributed by atoms with van der Waals surface area (Å²) in [5.74, 6) is 0. The molecule has 1 saturated carbocycles. The molecule has 9 nitrogen and oxygen atoms in total. The fourth-order valence-corrected chi connectivity index (χ4v) is 4.56. The monoisotopic (exact) mass is 444 g/mol. The number of nitrogens with one attached hydrogen (secondary N) is 1. The second kappa shape index (κ2) is 9.23. The van der Waals surface area contributed by atoms with E-state index in [2.05, 4.69) is 25.5 Å². The first kappa shape index (κ1) is 20.9. The minimum atomic E-state index is -0.424.